The number of hydrogen-bond acceptors (Lipinski definition) is 6. The van der Waals surface area contributed by atoms with E-state index >= 15 is 0 Å². The Morgan fingerprint density at radius 3 is 2.38 bits per heavy atom. The lowest BCUT2D eigenvalue weighted by Gasteiger charge is -2.23. The third kappa shape index (κ3) is 5.68. The zero-order chi connectivity index (χ0) is 24.9. The molecule has 1 heterocycles. The number of methoxy groups -OCH3 is 1. The quantitative estimate of drug-likeness (QED) is 0.271. The van der Waals surface area contributed by atoms with Crippen molar-refractivity contribution < 1.29 is 22.4 Å². The lowest BCUT2D eigenvalue weighted by Crippen LogP contribution is -2.34. The summed E-state index contributed by atoms with van der Waals surface area (Å²) < 4.78 is 45.2. The minimum Gasteiger partial charge on any atom is -0.382 e. The van der Waals surface area contributed by atoms with Gasteiger partial charge in [-0.2, -0.15) is 0 Å². The summed E-state index contributed by atoms with van der Waals surface area (Å²) in [5.41, 5.74) is 5.03. The van der Waals surface area contributed by atoms with Crippen molar-refractivity contribution in [3.05, 3.63) is 64.8 Å². The summed E-state index contributed by atoms with van der Waals surface area (Å²) >= 11 is 0. The number of ether oxygens (including phenoxy) is 2. The third-order valence-corrected chi connectivity index (χ3v) is 7.44. The second-order valence-electron chi connectivity index (χ2n) is 8.83. The molecule has 0 saturated heterocycles. The van der Waals surface area contributed by atoms with E-state index in [-0.39, 0.29) is 24.1 Å². The molecule has 0 bridgehead atoms. The maximum Gasteiger partial charge on any atom is 0.269 e. The molecule has 0 saturated carbocycles. The van der Waals surface area contributed by atoms with E-state index < -0.39 is 10.0 Å². The summed E-state index contributed by atoms with van der Waals surface area (Å²) in [6.07, 6.45) is 0.970. The van der Waals surface area contributed by atoms with E-state index in [1.54, 1.807) is 33.1 Å². The topological polar surface area (TPSA) is 81.9 Å². The number of hydrogen-bond donors (Lipinski definition) is 0. The molecular weight excluding hydrogens is 452 g/mol. The van der Waals surface area contributed by atoms with Crippen LogP contribution in [0.1, 0.15) is 36.2 Å². The molecule has 1 aromatic heterocycles. The van der Waals surface area contributed by atoms with Crippen molar-refractivity contribution in [2.24, 2.45) is 5.92 Å². The van der Waals surface area contributed by atoms with Crippen LogP contribution in [0.25, 0.3) is 11.1 Å². The van der Waals surface area contributed by atoms with Crippen LogP contribution in [0.3, 0.4) is 0 Å². The summed E-state index contributed by atoms with van der Waals surface area (Å²) in [6.45, 7) is 10.3. The van der Waals surface area contributed by atoms with Crippen molar-refractivity contribution in [1.82, 2.24) is 5.16 Å². The van der Waals surface area contributed by atoms with Crippen LogP contribution in [0.2, 0.25) is 0 Å². The van der Waals surface area contributed by atoms with Gasteiger partial charge in [-0.25, -0.2) is 12.7 Å². The van der Waals surface area contributed by atoms with E-state index in [1.807, 2.05) is 25.1 Å². The van der Waals surface area contributed by atoms with Crippen LogP contribution in [0.5, 0.6) is 0 Å². The van der Waals surface area contributed by atoms with E-state index in [1.165, 1.54) is 5.56 Å². The summed E-state index contributed by atoms with van der Waals surface area (Å²) in [4.78, 5) is 0.179. The second-order valence-corrected chi connectivity index (χ2v) is 10.7. The standard InChI is InChI=1S/C26H34N2O5S/c1-18(2)15-22-11-12-23(19(3)16-22)24-9-7-8-10-25(24)34(29,30)28(17-32-14-13-31-6)26-20(4)21(5)27-33-26/h7-12,16,18H,13-15,17H2,1-6H3. The van der Waals surface area contributed by atoms with Crippen molar-refractivity contribution >= 4 is 15.9 Å². The van der Waals surface area contributed by atoms with Crippen molar-refractivity contribution in [3.63, 3.8) is 0 Å². The highest BCUT2D eigenvalue weighted by Crippen LogP contribution is 2.35. The first kappa shape index (κ1) is 25.9. The SMILES string of the molecule is COCCOCN(c1onc(C)c1C)S(=O)(=O)c1ccccc1-c1ccc(CC(C)C)cc1C. The number of aryl methyl sites for hydroxylation is 2. The fourth-order valence-corrected chi connectivity index (χ4v) is 5.37. The summed E-state index contributed by atoms with van der Waals surface area (Å²) in [7, 11) is -2.48. The van der Waals surface area contributed by atoms with Crippen LogP contribution in [-0.2, 0) is 25.9 Å². The number of anilines is 1. The maximum absolute atomic E-state index is 14.0. The highest BCUT2D eigenvalue weighted by molar-refractivity contribution is 7.93. The number of rotatable bonds is 11. The van der Waals surface area contributed by atoms with Gasteiger partial charge in [0.15, 0.2) is 0 Å². The monoisotopic (exact) mass is 486 g/mol. The molecule has 0 N–H and O–H groups in total. The van der Waals surface area contributed by atoms with E-state index in [0.29, 0.717) is 29.3 Å². The Bertz CT molecular complexity index is 1220. The fourth-order valence-electron chi connectivity index (χ4n) is 3.82. The average Bonchev–Trinajstić information content (AvgIpc) is 3.11. The van der Waals surface area contributed by atoms with E-state index in [4.69, 9.17) is 14.0 Å². The lowest BCUT2D eigenvalue weighted by molar-refractivity contribution is 0.0744. The van der Waals surface area contributed by atoms with Gasteiger partial charge in [0, 0.05) is 18.2 Å². The van der Waals surface area contributed by atoms with Gasteiger partial charge in [-0.15, -0.1) is 0 Å². The molecule has 0 aliphatic heterocycles. The van der Waals surface area contributed by atoms with Gasteiger partial charge in [0.05, 0.1) is 23.8 Å². The normalized spacial score (nSPS) is 11.9. The van der Waals surface area contributed by atoms with Gasteiger partial charge in [0.2, 0.25) is 5.88 Å². The van der Waals surface area contributed by atoms with Crippen LogP contribution < -0.4 is 4.31 Å². The van der Waals surface area contributed by atoms with Crippen molar-refractivity contribution in [2.45, 2.75) is 45.9 Å². The van der Waals surface area contributed by atoms with Gasteiger partial charge in [-0.3, -0.25) is 0 Å². The van der Waals surface area contributed by atoms with Crippen molar-refractivity contribution in [2.75, 3.05) is 31.4 Å². The molecule has 184 valence electrons. The molecular formula is C26H34N2O5S. The van der Waals surface area contributed by atoms with Gasteiger partial charge < -0.3 is 14.0 Å². The van der Waals surface area contributed by atoms with Gasteiger partial charge in [-0.05, 0) is 55.9 Å². The van der Waals surface area contributed by atoms with Crippen molar-refractivity contribution in [3.8, 4) is 11.1 Å². The van der Waals surface area contributed by atoms with Crippen LogP contribution in [0.4, 0.5) is 5.88 Å². The molecule has 3 rings (SSSR count). The van der Waals surface area contributed by atoms with Gasteiger partial charge in [0.1, 0.15) is 6.73 Å². The van der Waals surface area contributed by atoms with Gasteiger partial charge >= 0.3 is 0 Å². The van der Waals surface area contributed by atoms with Gasteiger partial charge in [0.25, 0.3) is 10.0 Å². The molecule has 0 unspecified atom stereocenters. The minimum absolute atomic E-state index is 0.147. The molecule has 8 heteroatoms. The Morgan fingerprint density at radius 1 is 1.03 bits per heavy atom. The third-order valence-electron chi connectivity index (χ3n) is 5.68. The first-order valence-electron chi connectivity index (χ1n) is 11.4. The molecule has 0 spiro atoms. The summed E-state index contributed by atoms with van der Waals surface area (Å²) in [5.74, 6) is 0.687. The highest BCUT2D eigenvalue weighted by Gasteiger charge is 2.32. The van der Waals surface area contributed by atoms with Crippen molar-refractivity contribution in [1.29, 1.82) is 0 Å². The predicted molar refractivity (Wildman–Crippen MR) is 133 cm³/mol. The number of benzene rings is 2. The average molecular weight is 487 g/mol. The molecule has 0 aliphatic rings. The Kier molecular flexibility index (Phi) is 8.52. The second kappa shape index (κ2) is 11.2. The van der Waals surface area contributed by atoms with E-state index in [9.17, 15) is 8.42 Å². The molecule has 34 heavy (non-hydrogen) atoms. The fraction of sp³-hybridized carbons (Fsp3) is 0.423. The zero-order valence-electron chi connectivity index (χ0n) is 20.8. The zero-order valence-corrected chi connectivity index (χ0v) is 21.6. The lowest BCUT2D eigenvalue weighted by atomic mass is 9.95. The Morgan fingerprint density at radius 2 is 1.76 bits per heavy atom. The Hall–Kier alpha value is -2.68. The molecule has 0 atom stereocenters. The van der Waals surface area contributed by atoms with Crippen LogP contribution >= 0.6 is 0 Å². The molecule has 2 aromatic carbocycles. The first-order chi connectivity index (χ1) is 16.2. The predicted octanol–water partition coefficient (Wildman–Crippen LogP) is 5.28. The molecule has 3 aromatic rings. The summed E-state index contributed by atoms with van der Waals surface area (Å²) in [5, 5.41) is 3.96. The van der Waals surface area contributed by atoms with Crippen LogP contribution in [0, 0.1) is 26.7 Å². The molecule has 0 radical (unpaired) electrons. The van der Waals surface area contributed by atoms with Crippen LogP contribution in [0.15, 0.2) is 51.9 Å². The molecule has 0 aliphatic carbocycles. The summed E-state index contributed by atoms with van der Waals surface area (Å²) in [6, 6.07) is 13.2. The number of aromatic nitrogens is 1. The van der Waals surface area contributed by atoms with E-state index in [2.05, 4.69) is 31.1 Å². The Labute approximate surface area is 202 Å². The maximum atomic E-state index is 14.0. The van der Waals surface area contributed by atoms with E-state index in [0.717, 1.165) is 21.9 Å². The molecule has 0 fully saturated rings. The molecule has 7 nitrogen and oxygen atoms in total. The largest absolute Gasteiger partial charge is 0.382 e. The first-order valence-corrected chi connectivity index (χ1v) is 12.8. The molecule has 0 amide bonds. The highest BCUT2D eigenvalue weighted by atomic mass is 32.2. The minimum atomic E-state index is -4.04. The van der Waals surface area contributed by atoms with Gasteiger partial charge in [-0.1, -0.05) is 55.4 Å². The number of sulfonamides is 1. The number of nitrogens with zero attached hydrogens (tertiary/aromatic N) is 2. The Balaban J connectivity index is 2.07. The van der Waals surface area contributed by atoms with Crippen LogP contribution in [-0.4, -0.2) is 40.6 Å². The smallest absolute Gasteiger partial charge is 0.269 e.